The minimum atomic E-state index is -1.16. The van der Waals surface area contributed by atoms with Crippen LogP contribution in [0.1, 0.15) is 84.0 Å². The van der Waals surface area contributed by atoms with Crippen LogP contribution in [0.3, 0.4) is 0 Å². The Kier molecular flexibility index (Phi) is 13.4. The van der Waals surface area contributed by atoms with E-state index in [0.717, 1.165) is 44.5 Å². The number of likely N-dealkylation sites (tertiary alicyclic amines) is 1. The number of urea groups is 1. The third kappa shape index (κ3) is 9.73. The van der Waals surface area contributed by atoms with E-state index in [1.165, 1.54) is 9.91 Å². The number of phenols is 1. The van der Waals surface area contributed by atoms with Crippen molar-refractivity contribution in [1.82, 2.24) is 45.3 Å². The topological polar surface area (TPSA) is 192 Å². The second kappa shape index (κ2) is 18.9. The molecule has 4 aromatic rings. The number of amides is 5. The molecule has 4 atom stereocenters. The van der Waals surface area contributed by atoms with Gasteiger partial charge in [-0.1, -0.05) is 53.7 Å². The summed E-state index contributed by atoms with van der Waals surface area (Å²) in [6.45, 7) is 16.9. The van der Waals surface area contributed by atoms with Gasteiger partial charge in [-0.15, -0.1) is 0 Å². The van der Waals surface area contributed by atoms with Crippen LogP contribution in [0.15, 0.2) is 54.7 Å². The molecule has 16 nitrogen and oxygen atoms in total. The van der Waals surface area contributed by atoms with Gasteiger partial charge in [-0.3, -0.25) is 29.2 Å². The number of nitrogens with zero attached hydrogens (tertiary/aromatic N) is 6. The first kappa shape index (κ1) is 47.5. The first-order valence-electron chi connectivity index (χ1n) is 23.9. The van der Waals surface area contributed by atoms with Crippen molar-refractivity contribution >= 4 is 40.6 Å². The van der Waals surface area contributed by atoms with Crippen molar-refractivity contribution in [2.45, 2.75) is 117 Å². The Bertz CT molecular complexity index is 2560. The number of aromatic nitrogens is 2. The highest BCUT2D eigenvalue weighted by Gasteiger charge is 2.43. The smallest absolute Gasteiger partial charge is 0.324 e. The SMILES string of the molecule is CCn1c(-c2cccnc2C(C)C)c2c3cc(ccc31)-c1cc(O)cc(c1)C[C@H](NC(=O)[C@H](C(C)C)N(C)C(=O)N(C)C1CN(C(=O)[C@H]3CN3)C1)C(=O)N1CCC[C@H](N1)C(=O)OCC(C)(C)C2. The van der Waals surface area contributed by atoms with Crippen molar-refractivity contribution in [3.8, 4) is 28.1 Å². The number of aromatic hydroxyl groups is 1. The fraction of sp³-hybridized carbons (Fsp3) is 0.529. The van der Waals surface area contributed by atoms with E-state index in [1.807, 2.05) is 38.2 Å². The highest BCUT2D eigenvalue weighted by atomic mass is 16.5. The van der Waals surface area contributed by atoms with Crippen LogP contribution in [0.25, 0.3) is 33.3 Å². The predicted molar refractivity (Wildman–Crippen MR) is 256 cm³/mol. The van der Waals surface area contributed by atoms with Crippen LogP contribution in [0.5, 0.6) is 5.75 Å². The summed E-state index contributed by atoms with van der Waals surface area (Å²) in [5.74, 6) is -1.61. The van der Waals surface area contributed by atoms with Crippen LogP contribution < -0.4 is 16.1 Å². The number of aryl methyl sites for hydroxylation is 1. The van der Waals surface area contributed by atoms with E-state index in [1.54, 1.807) is 36.0 Å². The van der Waals surface area contributed by atoms with Gasteiger partial charge in [-0.05, 0) is 96.7 Å². The fourth-order valence-corrected chi connectivity index (χ4v) is 10.1. The van der Waals surface area contributed by atoms with Gasteiger partial charge in [-0.25, -0.2) is 10.2 Å². The number of rotatable bonds is 9. The highest BCUT2D eigenvalue weighted by molar-refractivity contribution is 5.96. The minimum Gasteiger partial charge on any atom is -0.508 e. The zero-order valence-electron chi connectivity index (χ0n) is 40.4. The fourth-order valence-electron chi connectivity index (χ4n) is 10.1. The molecule has 6 heterocycles. The Morgan fingerprint density at radius 1 is 1.03 bits per heavy atom. The molecule has 2 aromatic heterocycles. The Morgan fingerprint density at radius 2 is 1.78 bits per heavy atom. The van der Waals surface area contributed by atoms with E-state index >= 15 is 0 Å². The van der Waals surface area contributed by atoms with Crippen LogP contribution in [0.4, 0.5) is 4.79 Å². The Labute approximate surface area is 393 Å². The van der Waals surface area contributed by atoms with E-state index in [-0.39, 0.29) is 61.2 Å². The second-order valence-corrected chi connectivity index (χ2v) is 20.4. The molecule has 16 heteroatoms. The number of hydrazine groups is 1. The molecule has 5 amide bonds. The normalized spacial score (nSPS) is 21.4. The molecule has 0 radical (unpaired) electrons. The van der Waals surface area contributed by atoms with Crippen LogP contribution in [-0.4, -0.2) is 141 Å². The van der Waals surface area contributed by atoms with E-state index in [9.17, 15) is 29.1 Å². The number of carbonyl (C=O) groups excluding carboxylic acids is 5. The van der Waals surface area contributed by atoms with Crippen molar-refractivity contribution < 1.29 is 33.8 Å². The molecule has 358 valence electrons. The van der Waals surface area contributed by atoms with Crippen molar-refractivity contribution in [2.75, 3.05) is 46.9 Å². The van der Waals surface area contributed by atoms with E-state index in [4.69, 9.17) is 9.72 Å². The number of hydrogen-bond donors (Lipinski definition) is 4. The number of hydrogen-bond acceptors (Lipinski definition) is 10. The molecular weight excluding hydrogens is 851 g/mol. The lowest BCUT2D eigenvalue weighted by Crippen LogP contribution is -2.65. The van der Waals surface area contributed by atoms with Gasteiger partial charge in [0.05, 0.1) is 30.1 Å². The molecule has 2 aromatic carbocycles. The highest BCUT2D eigenvalue weighted by Crippen LogP contribution is 2.42. The van der Waals surface area contributed by atoms with E-state index in [0.29, 0.717) is 51.0 Å². The third-order valence-corrected chi connectivity index (χ3v) is 13.8. The monoisotopic (exact) mass is 918 g/mol. The number of carbonyl (C=O) groups is 5. The van der Waals surface area contributed by atoms with Gasteiger partial charge in [0.2, 0.25) is 11.8 Å². The molecule has 67 heavy (non-hydrogen) atoms. The number of fused-ring (bicyclic) bond motifs is 6. The summed E-state index contributed by atoms with van der Waals surface area (Å²) < 4.78 is 8.45. The second-order valence-electron chi connectivity index (χ2n) is 20.4. The summed E-state index contributed by atoms with van der Waals surface area (Å²) in [4.78, 5) is 79.3. The van der Waals surface area contributed by atoms with Crippen molar-refractivity contribution in [3.63, 3.8) is 0 Å². The molecule has 0 aliphatic carbocycles. The van der Waals surface area contributed by atoms with Crippen LogP contribution >= 0.6 is 0 Å². The van der Waals surface area contributed by atoms with Crippen molar-refractivity contribution in [1.29, 1.82) is 0 Å². The zero-order chi connectivity index (χ0) is 48.1. The molecule has 4 aliphatic heterocycles. The molecule has 0 spiro atoms. The van der Waals surface area contributed by atoms with Gasteiger partial charge >= 0.3 is 12.0 Å². The molecule has 0 unspecified atom stereocenters. The van der Waals surface area contributed by atoms with Gasteiger partial charge < -0.3 is 39.7 Å². The van der Waals surface area contributed by atoms with Gasteiger partial charge in [0.25, 0.3) is 5.91 Å². The number of benzene rings is 2. The maximum absolute atomic E-state index is 14.7. The van der Waals surface area contributed by atoms with E-state index < -0.39 is 41.3 Å². The summed E-state index contributed by atoms with van der Waals surface area (Å²) in [6, 6.07) is 12.0. The number of cyclic esters (lactones) is 1. The van der Waals surface area contributed by atoms with Gasteiger partial charge in [0, 0.05) is 81.3 Å². The molecular formula is C51H67N9O7. The Morgan fingerprint density at radius 3 is 2.46 bits per heavy atom. The summed E-state index contributed by atoms with van der Waals surface area (Å²) >= 11 is 0. The van der Waals surface area contributed by atoms with Crippen LogP contribution in [-0.2, 0) is 43.3 Å². The quantitative estimate of drug-likeness (QED) is 0.131. The summed E-state index contributed by atoms with van der Waals surface area (Å²) in [6.07, 6.45) is 3.38. The van der Waals surface area contributed by atoms with E-state index in [2.05, 4.69) is 73.4 Å². The summed E-state index contributed by atoms with van der Waals surface area (Å²) in [5, 5.41) is 19.8. The largest absolute Gasteiger partial charge is 0.508 e. The third-order valence-electron chi connectivity index (χ3n) is 13.8. The number of nitrogens with one attached hydrogen (secondary N) is 3. The number of phenolic OH excluding ortho intramolecular Hbond substituents is 1. The molecule has 6 bridgehead atoms. The number of esters is 1. The molecule has 3 fully saturated rings. The summed E-state index contributed by atoms with van der Waals surface area (Å²) in [7, 11) is 3.25. The van der Waals surface area contributed by atoms with Gasteiger partial charge in [0.15, 0.2) is 0 Å². The van der Waals surface area contributed by atoms with Gasteiger partial charge in [-0.2, -0.15) is 0 Å². The average molecular weight is 918 g/mol. The Hall–Kier alpha value is -6.00. The minimum absolute atomic E-state index is 0.000460. The van der Waals surface area contributed by atoms with Gasteiger partial charge in [0.1, 0.15) is 23.9 Å². The zero-order valence-corrected chi connectivity index (χ0v) is 40.4. The number of pyridine rings is 1. The maximum Gasteiger partial charge on any atom is 0.324 e. The molecule has 4 N–H and O–H groups in total. The van der Waals surface area contributed by atoms with Crippen LogP contribution in [0.2, 0.25) is 0 Å². The molecule has 4 aliphatic rings. The first-order valence-corrected chi connectivity index (χ1v) is 23.9. The lowest BCUT2D eigenvalue weighted by Gasteiger charge is -2.45. The maximum atomic E-state index is 14.7. The number of likely N-dealkylation sites (N-methyl/N-ethyl adjacent to an activating group) is 2. The lowest BCUT2D eigenvalue weighted by molar-refractivity contribution is -0.155. The average Bonchev–Trinajstić information content (AvgIpc) is 4.09. The Balaban J connectivity index is 1.16. The predicted octanol–water partition coefficient (Wildman–Crippen LogP) is 5.06. The molecule has 3 saturated heterocycles. The lowest BCUT2D eigenvalue weighted by atomic mass is 9.83. The first-order chi connectivity index (χ1) is 31.8. The number of ether oxygens (including phenoxy) is 1. The molecule has 0 saturated carbocycles. The van der Waals surface area contributed by atoms with Crippen molar-refractivity contribution in [2.24, 2.45) is 11.3 Å². The standard InChI is InChI=1S/C51H67N9O7/c1-10-59-42-16-15-32-23-37(42)38(45(59)36-13-11-17-52-43(36)29(2)3)24-51(6,7)28-67-49(65)39-14-12-18-60(55-39)48(64)40(21-31-19-33(32)22-35(61)20-31)54-46(62)44(30(4)5)57(9)50(66)56(8)34-26-58(27-34)47(63)41-25-53-41/h11,13,15-17,19-20,22-23,29-30,34,39-41,44,53,55,61H,10,12,14,18,21,24-28H2,1-9H3,(H,54,62)/t39-,40-,41+,44-/m0/s1. The van der Waals surface area contributed by atoms with Crippen molar-refractivity contribution in [3.05, 3.63) is 71.5 Å². The molecule has 8 rings (SSSR count). The summed E-state index contributed by atoms with van der Waals surface area (Å²) in [5.41, 5.74) is 10.1. The van der Waals surface area contributed by atoms with Crippen LogP contribution in [0, 0.1) is 11.3 Å².